The van der Waals surface area contributed by atoms with Crippen LogP contribution in [0.2, 0.25) is 0 Å². The molecule has 2 aliphatic rings. The third-order valence-electron chi connectivity index (χ3n) is 7.40. The van der Waals surface area contributed by atoms with E-state index in [1.54, 1.807) is 50.5 Å². The number of fused-ring (bicyclic) bond motifs is 2. The fourth-order valence-corrected chi connectivity index (χ4v) is 8.78. The molecule has 2 saturated heterocycles. The van der Waals surface area contributed by atoms with Gasteiger partial charge in [-0.15, -0.1) is 0 Å². The van der Waals surface area contributed by atoms with Crippen molar-refractivity contribution in [2.75, 3.05) is 26.2 Å². The van der Waals surface area contributed by atoms with Crippen LogP contribution in [0.3, 0.4) is 0 Å². The first kappa shape index (κ1) is 28.2. The molecular weight excluding hydrogens is 552 g/mol. The number of hydrogen-bond acceptors (Lipinski definition) is 8. The number of sulfonamides is 2. The number of phenols is 2. The molecule has 0 amide bonds. The Hall–Kier alpha value is -3.32. The van der Waals surface area contributed by atoms with Gasteiger partial charge in [0.1, 0.15) is 22.5 Å². The van der Waals surface area contributed by atoms with E-state index >= 15 is 0 Å². The van der Waals surface area contributed by atoms with Gasteiger partial charge in [-0.25, -0.2) is 16.8 Å². The Morgan fingerprint density at radius 2 is 1.00 bits per heavy atom. The molecule has 0 atom stereocenters. The van der Waals surface area contributed by atoms with Crippen molar-refractivity contribution in [2.24, 2.45) is 0 Å². The Balaban J connectivity index is 0.000000161. The number of benzene rings is 2. The van der Waals surface area contributed by atoms with Gasteiger partial charge in [-0.05, 0) is 87.1 Å². The molecule has 0 radical (unpaired) electrons. The van der Waals surface area contributed by atoms with E-state index in [0.717, 1.165) is 25.7 Å². The second-order valence-electron chi connectivity index (χ2n) is 10.1. The number of phenolic OH excluding ortho intramolecular Hbond substituents is 2. The van der Waals surface area contributed by atoms with E-state index in [0.29, 0.717) is 59.1 Å². The van der Waals surface area contributed by atoms with E-state index < -0.39 is 20.0 Å². The summed E-state index contributed by atoms with van der Waals surface area (Å²) in [6, 6.07) is 9.80. The molecule has 2 aromatic heterocycles. The van der Waals surface area contributed by atoms with E-state index in [1.165, 1.54) is 20.7 Å². The second-order valence-corrected chi connectivity index (χ2v) is 13.9. The molecule has 0 spiro atoms. The quantitative estimate of drug-likeness (QED) is 0.366. The van der Waals surface area contributed by atoms with Crippen LogP contribution in [0.1, 0.15) is 36.8 Å². The average molecular weight is 585 g/mol. The summed E-state index contributed by atoms with van der Waals surface area (Å²) < 4.78 is 53.9. The molecule has 0 aliphatic carbocycles. The lowest BCUT2D eigenvalue weighted by Gasteiger charge is -2.18. The zero-order valence-electron chi connectivity index (χ0n) is 22.4. The van der Waals surface area contributed by atoms with Crippen LogP contribution in [-0.2, 0) is 20.0 Å². The topological polar surface area (TPSA) is 141 Å². The SMILES string of the molecule is Cc1cc(S(=O)(=O)N2CCCC2)c2cccnc2c1O.Cc1cc(S(=O)(=O)N2CCCC2)c2cccnc2c1O. The highest BCUT2D eigenvalue weighted by Crippen LogP contribution is 2.35. The van der Waals surface area contributed by atoms with Crippen LogP contribution >= 0.6 is 0 Å². The summed E-state index contributed by atoms with van der Waals surface area (Å²) in [5, 5.41) is 21.0. The summed E-state index contributed by atoms with van der Waals surface area (Å²) in [7, 11) is -7.04. The first-order valence-corrected chi connectivity index (χ1v) is 16.1. The van der Waals surface area contributed by atoms with Crippen LogP contribution in [0.5, 0.6) is 11.5 Å². The van der Waals surface area contributed by atoms with Crippen LogP contribution in [0.15, 0.2) is 58.6 Å². The highest BCUT2D eigenvalue weighted by atomic mass is 32.2. The molecule has 2 N–H and O–H groups in total. The van der Waals surface area contributed by atoms with Gasteiger partial charge in [0.2, 0.25) is 20.0 Å². The van der Waals surface area contributed by atoms with Crippen LogP contribution < -0.4 is 0 Å². The highest BCUT2D eigenvalue weighted by Gasteiger charge is 2.31. The number of aromatic nitrogens is 2. The van der Waals surface area contributed by atoms with E-state index in [1.807, 2.05) is 0 Å². The minimum atomic E-state index is -3.52. The van der Waals surface area contributed by atoms with Gasteiger partial charge in [0, 0.05) is 49.3 Å². The van der Waals surface area contributed by atoms with Gasteiger partial charge in [0.05, 0.1) is 9.79 Å². The zero-order chi connectivity index (χ0) is 28.7. The third-order valence-corrected chi connectivity index (χ3v) is 11.3. The van der Waals surface area contributed by atoms with Crippen molar-refractivity contribution in [2.45, 2.75) is 49.3 Å². The van der Waals surface area contributed by atoms with Crippen molar-refractivity contribution >= 4 is 41.9 Å². The Kier molecular flexibility index (Phi) is 7.71. The van der Waals surface area contributed by atoms with Crippen molar-refractivity contribution in [3.8, 4) is 11.5 Å². The molecule has 0 saturated carbocycles. The average Bonchev–Trinajstić information content (AvgIpc) is 3.69. The van der Waals surface area contributed by atoms with E-state index in [-0.39, 0.29) is 21.3 Å². The monoisotopic (exact) mass is 584 g/mol. The van der Waals surface area contributed by atoms with Gasteiger partial charge >= 0.3 is 0 Å². The van der Waals surface area contributed by atoms with Gasteiger partial charge < -0.3 is 10.2 Å². The van der Waals surface area contributed by atoms with Gasteiger partial charge in [-0.2, -0.15) is 8.61 Å². The summed E-state index contributed by atoms with van der Waals surface area (Å²) in [5.41, 5.74) is 1.72. The molecule has 2 aromatic carbocycles. The van der Waals surface area contributed by atoms with Crippen LogP contribution in [0, 0.1) is 13.8 Å². The van der Waals surface area contributed by atoms with Crippen LogP contribution in [0.4, 0.5) is 0 Å². The Morgan fingerprint density at radius 1 is 0.650 bits per heavy atom. The van der Waals surface area contributed by atoms with Gasteiger partial charge in [0.15, 0.2) is 0 Å². The predicted octanol–water partition coefficient (Wildman–Crippen LogP) is 4.07. The maximum absolute atomic E-state index is 12.7. The fraction of sp³-hybridized carbons (Fsp3) is 0.357. The normalized spacial score (nSPS) is 16.9. The lowest BCUT2D eigenvalue weighted by atomic mass is 10.1. The maximum Gasteiger partial charge on any atom is 0.243 e. The number of hydrogen-bond donors (Lipinski definition) is 2. The second kappa shape index (κ2) is 10.9. The number of pyridine rings is 2. The summed E-state index contributed by atoms with van der Waals surface area (Å²) in [4.78, 5) is 8.69. The van der Waals surface area contributed by atoms with Crippen molar-refractivity contribution in [1.82, 2.24) is 18.6 Å². The zero-order valence-corrected chi connectivity index (χ0v) is 24.0. The predicted molar refractivity (Wildman–Crippen MR) is 152 cm³/mol. The molecular formula is C28H32N4O6S2. The minimum absolute atomic E-state index is 0.0426. The summed E-state index contributed by atoms with van der Waals surface area (Å²) in [6.45, 7) is 5.61. The van der Waals surface area contributed by atoms with Crippen molar-refractivity contribution in [3.05, 3.63) is 59.9 Å². The molecule has 4 aromatic rings. The Labute approximate surface area is 234 Å². The smallest absolute Gasteiger partial charge is 0.243 e. The van der Waals surface area contributed by atoms with Gasteiger partial charge in [0.25, 0.3) is 0 Å². The minimum Gasteiger partial charge on any atom is -0.505 e. The van der Waals surface area contributed by atoms with E-state index in [4.69, 9.17) is 0 Å². The maximum atomic E-state index is 12.7. The molecule has 10 nitrogen and oxygen atoms in total. The largest absolute Gasteiger partial charge is 0.505 e. The number of aromatic hydroxyl groups is 2. The summed E-state index contributed by atoms with van der Waals surface area (Å²) in [6.07, 6.45) is 6.68. The standard InChI is InChI=1S/2C14H16N2O3S/c2*1-10-9-12(20(18,19)16-7-2-3-8-16)11-5-4-6-15-13(11)14(10)17/h2*4-6,9,17H,2-3,7-8H2,1H3. The summed E-state index contributed by atoms with van der Waals surface area (Å²) in [5.74, 6) is 0.0851. The van der Waals surface area contributed by atoms with Crippen LogP contribution in [-0.4, -0.2) is 71.8 Å². The van der Waals surface area contributed by atoms with Crippen molar-refractivity contribution in [1.29, 1.82) is 0 Å². The molecule has 40 heavy (non-hydrogen) atoms. The first-order valence-electron chi connectivity index (χ1n) is 13.2. The Bertz CT molecular complexity index is 1660. The number of aryl methyl sites for hydroxylation is 2. The molecule has 12 heteroatoms. The van der Waals surface area contributed by atoms with Gasteiger partial charge in [-0.3, -0.25) is 9.97 Å². The molecule has 2 fully saturated rings. The van der Waals surface area contributed by atoms with Crippen LogP contribution in [0.25, 0.3) is 21.8 Å². The van der Waals surface area contributed by atoms with Gasteiger partial charge in [-0.1, -0.05) is 0 Å². The number of rotatable bonds is 4. The molecule has 212 valence electrons. The molecule has 0 unspecified atom stereocenters. The fourth-order valence-electron chi connectivity index (χ4n) is 5.21. The first-order chi connectivity index (χ1) is 19.0. The van der Waals surface area contributed by atoms with E-state index in [9.17, 15) is 27.0 Å². The molecule has 6 rings (SSSR count). The summed E-state index contributed by atoms with van der Waals surface area (Å²) >= 11 is 0. The Morgan fingerprint density at radius 3 is 1.35 bits per heavy atom. The third kappa shape index (κ3) is 5.00. The lowest BCUT2D eigenvalue weighted by Crippen LogP contribution is -2.28. The number of nitrogens with zero attached hydrogens (tertiary/aromatic N) is 4. The lowest BCUT2D eigenvalue weighted by molar-refractivity contribution is 0.471. The van der Waals surface area contributed by atoms with Crippen molar-refractivity contribution in [3.63, 3.8) is 0 Å². The molecule has 0 bridgehead atoms. The van der Waals surface area contributed by atoms with Crippen molar-refractivity contribution < 1.29 is 27.0 Å². The van der Waals surface area contributed by atoms with E-state index in [2.05, 4.69) is 9.97 Å². The molecule has 2 aliphatic heterocycles. The molecule has 4 heterocycles. The highest BCUT2D eigenvalue weighted by molar-refractivity contribution is 7.89.